The largest absolute Gasteiger partial charge is 0.299 e. The third-order valence-corrected chi connectivity index (χ3v) is 5.06. The zero-order valence-corrected chi connectivity index (χ0v) is 14.8. The van der Waals surface area contributed by atoms with E-state index in [1.54, 1.807) is 0 Å². The van der Waals surface area contributed by atoms with Crippen molar-refractivity contribution in [3.8, 4) is 0 Å². The summed E-state index contributed by atoms with van der Waals surface area (Å²) in [6.07, 6.45) is 18.5. The minimum atomic E-state index is 0.644. The summed E-state index contributed by atoms with van der Waals surface area (Å²) in [5.41, 5.74) is 1.50. The summed E-state index contributed by atoms with van der Waals surface area (Å²) in [5.74, 6) is 0. The zero-order valence-electron chi connectivity index (χ0n) is 14.8. The van der Waals surface area contributed by atoms with Gasteiger partial charge in [-0.15, -0.1) is 0 Å². The highest BCUT2D eigenvalue weighted by Crippen LogP contribution is 2.29. The maximum absolute atomic E-state index is 2.50. The van der Waals surface area contributed by atoms with E-state index in [9.17, 15) is 0 Å². The van der Waals surface area contributed by atoms with Crippen molar-refractivity contribution in [1.82, 2.24) is 4.90 Å². The van der Waals surface area contributed by atoms with Gasteiger partial charge in [0.2, 0.25) is 0 Å². The van der Waals surface area contributed by atoms with Crippen molar-refractivity contribution in [3.63, 3.8) is 0 Å². The molecule has 2 nitrogen and oxygen atoms in total. The fourth-order valence-corrected chi connectivity index (χ4v) is 3.64. The number of unbranched alkanes of at least 4 members (excludes halogenated alkanes) is 7. The Morgan fingerprint density at radius 2 is 1.82 bits per heavy atom. The minimum absolute atomic E-state index is 0.644. The Hall–Kier alpha value is -0.890. The molecule has 1 aromatic heterocycles. The van der Waals surface area contributed by atoms with E-state index < -0.39 is 0 Å². The molecule has 0 amide bonds. The van der Waals surface area contributed by atoms with Crippen LogP contribution in [0.1, 0.15) is 82.7 Å². The van der Waals surface area contributed by atoms with Crippen LogP contribution >= 0.6 is 0 Å². The van der Waals surface area contributed by atoms with E-state index in [0.717, 1.165) is 0 Å². The molecule has 0 aliphatic carbocycles. The van der Waals surface area contributed by atoms with E-state index in [0.29, 0.717) is 6.04 Å². The number of pyridine rings is 1. The van der Waals surface area contributed by atoms with Crippen molar-refractivity contribution in [1.29, 1.82) is 0 Å². The van der Waals surface area contributed by atoms with Crippen LogP contribution in [0.4, 0.5) is 0 Å². The third-order valence-electron chi connectivity index (χ3n) is 5.06. The summed E-state index contributed by atoms with van der Waals surface area (Å²) in [5, 5.41) is 0. The van der Waals surface area contributed by atoms with Gasteiger partial charge in [0, 0.05) is 24.1 Å². The number of likely N-dealkylation sites (tertiary alicyclic amines) is 1. The first-order chi connectivity index (χ1) is 10.8. The fourth-order valence-electron chi connectivity index (χ4n) is 3.64. The lowest BCUT2D eigenvalue weighted by Crippen LogP contribution is -2.34. The summed E-state index contributed by atoms with van der Waals surface area (Å²) in [7, 11) is 2.26. The lowest BCUT2D eigenvalue weighted by Gasteiger charge is -2.18. The van der Waals surface area contributed by atoms with Gasteiger partial charge in [0.25, 0.3) is 0 Å². The predicted octanol–water partition coefficient (Wildman–Crippen LogP) is 4.88. The molecule has 0 radical (unpaired) electrons. The van der Waals surface area contributed by atoms with Crippen LogP contribution in [0, 0.1) is 0 Å². The number of rotatable bonds is 10. The van der Waals surface area contributed by atoms with Crippen molar-refractivity contribution in [3.05, 3.63) is 30.1 Å². The molecule has 1 fully saturated rings. The predicted molar refractivity (Wildman–Crippen MR) is 93.9 cm³/mol. The van der Waals surface area contributed by atoms with Crippen LogP contribution in [0.15, 0.2) is 24.5 Å². The van der Waals surface area contributed by atoms with Crippen molar-refractivity contribution >= 4 is 0 Å². The topological polar surface area (TPSA) is 7.12 Å². The molecule has 2 rings (SSSR count). The van der Waals surface area contributed by atoms with Crippen LogP contribution in [0.5, 0.6) is 0 Å². The molecule has 2 heteroatoms. The zero-order chi connectivity index (χ0) is 15.6. The van der Waals surface area contributed by atoms with E-state index in [2.05, 4.69) is 48.0 Å². The molecule has 124 valence electrons. The van der Waals surface area contributed by atoms with Gasteiger partial charge in [0.05, 0.1) is 0 Å². The molecule has 0 N–H and O–H groups in total. The minimum Gasteiger partial charge on any atom is -0.299 e. The number of nitrogens with zero attached hydrogens (tertiary/aromatic N) is 2. The lowest BCUT2D eigenvalue weighted by atomic mass is 10.1. The van der Waals surface area contributed by atoms with E-state index in [-0.39, 0.29) is 0 Å². The Balaban J connectivity index is 1.66. The van der Waals surface area contributed by atoms with Gasteiger partial charge in [-0.1, -0.05) is 45.4 Å². The number of aromatic nitrogens is 1. The van der Waals surface area contributed by atoms with Gasteiger partial charge >= 0.3 is 0 Å². The smallest absolute Gasteiger partial charge is 0.173 e. The molecule has 1 aliphatic rings. The summed E-state index contributed by atoms with van der Waals surface area (Å²) >= 11 is 0. The van der Waals surface area contributed by atoms with Gasteiger partial charge in [-0.3, -0.25) is 4.90 Å². The molecule has 1 saturated heterocycles. The molecular weight excluding hydrogens is 268 g/mol. The van der Waals surface area contributed by atoms with Crippen molar-refractivity contribution < 1.29 is 4.57 Å². The van der Waals surface area contributed by atoms with Crippen LogP contribution in [-0.4, -0.2) is 18.5 Å². The molecule has 0 aromatic carbocycles. The first-order valence-corrected chi connectivity index (χ1v) is 9.50. The van der Waals surface area contributed by atoms with Gasteiger partial charge in [-0.25, -0.2) is 4.57 Å². The molecule has 1 aliphatic heterocycles. The average Bonchev–Trinajstić information content (AvgIpc) is 2.96. The van der Waals surface area contributed by atoms with Crippen LogP contribution < -0.4 is 4.57 Å². The second kappa shape index (κ2) is 9.99. The van der Waals surface area contributed by atoms with Gasteiger partial charge < -0.3 is 0 Å². The van der Waals surface area contributed by atoms with Gasteiger partial charge in [0.1, 0.15) is 6.54 Å². The molecule has 22 heavy (non-hydrogen) atoms. The van der Waals surface area contributed by atoms with E-state index in [1.807, 2.05) is 0 Å². The van der Waals surface area contributed by atoms with E-state index in [1.165, 1.54) is 82.9 Å². The average molecular weight is 304 g/mol. The van der Waals surface area contributed by atoms with Gasteiger partial charge in [-0.2, -0.15) is 0 Å². The monoisotopic (exact) mass is 303 g/mol. The SMILES string of the molecule is CCCCCCCCCC[n+]1cccc([C@H]2CCCN2C)c1. The molecule has 1 aromatic rings. The molecule has 0 bridgehead atoms. The Labute approximate surface area is 137 Å². The Morgan fingerprint density at radius 3 is 2.50 bits per heavy atom. The Bertz CT molecular complexity index is 416. The second-order valence-electron chi connectivity index (χ2n) is 6.99. The molecule has 0 spiro atoms. The van der Waals surface area contributed by atoms with E-state index >= 15 is 0 Å². The van der Waals surface area contributed by atoms with Crippen LogP contribution in [-0.2, 0) is 6.54 Å². The first kappa shape index (κ1) is 17.5. The quantitative estimate of drug-likeness (QED) is 0.441. The summed E-state index contributed by atoms with van der Waals surface area (Å²) in [6, 6.07) is 5.18. The molecular formula is C20H35N2+. The maximum atomic E-state index is 2.50. The highest BCUT2D eigenvalue weighted by Gasteiger charge is 2.24. The first-order valence-electron chi connectivity index (χ1n) is 9.50. The van der Waals surface area contributed by atoms with Gasteiger partial charge in [-0.05, 0) is 38.9 Å². The van der Waals surface area contributed by atoms with Crippen LogP contribution in [0.2, 0.25) is 0 Å². The van der Waals surface area contributed by atoms with Crippen molar-refractivity contribution in [2.75, 3.05) is 13.6 Å². The third kappa shape index (κ3) is 5.72. The highest BCUT2D eigenvalue weighted by molar-refractivity contribution is 5.12. The lowest BCUT2D eigenvalue weighted by molar-refractivity contribution is -0.697. The van der Waals surface area contributed by atoms with Crippen molar-refractivity contribution in [2.45, 2.75) is 83.7 Å². The molecule has 1 atom stereocenters. The normalized spacial score (nSPS) is 18.9. The molecule has 2 heterocycles. The standard InChI is InChI=1S/C20H35N2/c1-3-4-5-6-7-8-9-10-16-22-17-11-13-19(18-22)20-14-12-15-21(20)2/h11,13,17-18,20H,3-10,12,14-16H2,1-2H3/q+1/t20-/m1/s1. The number of hydrogen-bond acceptors (Lipinski definition) is 1. The number of aryl methyl sites for hydroxylation is 1. The number of hydrogen-bond donors (Lipinski definition) is 0. The fraction of sp³-hybridized carbons (Fsp3) is 0.750. The Kier molecular flexibility index (Phi) is 7.93. The van der Waals surface area contributed by atoms with Crippen molar-refractivity contribution in [2.24, 2.45) is 0 Å². The molecule has 0 unspecified atom stereocenters. The van der Waals surface area contributed by atoms with Gasteiger partial charge in [0.15, 0.2) is 12.4 Å². The Morgan fingerprint density at radius 1 is 1.09 bits per heavy atom. The maximum Gasteiger partial charge on any atom is 0.173 e. The highest BCUT2D eigenvalue weighted by atomic mass is 15.1. The second-order valence-corrected chi connectivity index (χ2v) is 6.99. The van der Waals surface area contributed by atoms with Crippen LogP contribution in [0.3, 0.4) is 0 Å². The summed E-state index contributed by atoms with van der Waals surface area (Å²) in [4.78, 5) is 2.50. The van der Waals surface area contributed by atoms with Crippen LogP contribution in [0.25, 0.3) is 0 Å². The summed E-state index contributed by atoms with van der Waals surface area (Å²) < 4.78 is 2.40. The summed E-state index contributed by atoms with van der Waals surface area (Å²) in [6.45, 7) is 4.71. The molecule has 0 saturated carbocycles. The van der Waals surface area contributed by atoms with E-state index in [4.69, 9.17) is 0 Å².